The zero-order chi connectivity index (χ0) is 12.6. The van der Waals surface area contributed by atoms with Crippen molar-refractivity contribution in [2.75, 3.05) is 0 Å². The first-order valence-electron chi connectivity index (χ1n) is 5.37. The summed E-state index contributed by atoms with van der Waals surface area (Å²) in [4.78, 5) is 10.4. The first-order chi connectivity index (χ1) is 7.99. The Bertz CT molecular complexity index is 463. The molecule has 1 aliphatic carbocycles. The molecule has 0 aliphatic heterocycles. The Hall–Kier alpha value is -1.01. The van der Waals surface area contributed by atoms with Crippen LogP contribution in [0.4, 0.5) is 10.1 Å². The van der Waals surface area contributed by atoms with E-state index in [4.69, 9.17) is 5.73 Å². The maximum Gasteiger partial charge on any atom is 0.273 e. The smallest absolute Gasteiger partial charge is 0.273 e. The van der Waals surface area contributed by atoms with Gasteiger partial charge in [-0.15, -0.1) is 0 Å². The van der Waals surface area contributed by atoms with Crippen molar-refractivity contribution in [3.63, 3.8) is 0 Å². The molecule has 0 saturated heterocycles. The summed E-state index contributed by atoms with van der Waals surface area (Å²) in [5, 5.41) is 10.9. The van der Waals surface area contributed by atoms with Gasteiger partial charge in [0, 0.05) is 17.7 Å². The molecule has 1 aromatic rings. The topological polar surface area (TPSA) is 69.2 Å². The van der Waals surface area contributed by atoms with E-state index in [1.165, 1.54) is 12.1 Å². The summed E-state index contributed by atoms with van der Waals surface area (Å²) in [5.41, 5.74) is 6.21. The Balaban J connectivity index is 2.29. The van der Waals surface area contributed by atoms with E-state index < -0.39 is 10.7 Å². The molecule has 92 valence electrons. The third-order valence-corrected chi connectivity index (χ3v) is 3.61. The van der Waals surface area contributed by atoms with Crippen molar-refractivity contribution in [1.29, 1.82) is 0 Å². The molecule has 1 fully saturated rings. The van der Waals surface area contributed by atoms with Crippen LogP contribution in [-0.2, 0) is 6.42 Å². The highest BCUT2D eigenvalue weighted by Gasteiger charge is 2.30. The molecule has 6 heteroatoms. The van der Waals surface area contributed by atoms with E-state index in [1.807, 2.05) is 0 Å². The highest BCUT2D eigenvalue weighted by Crippen LogP contribution is 2.35. The fourth-order valence-corrected chi connectivity index (χ4v) is 2.19. The molecule has 1 unspecified atom stereocenters. The van der Waals surface area contributed by atoms with Gasteiger partial charge in [-0.3, -0.25) is 10.1 Å². The van der Waals surface area contributed by atoms with Crippen LogP contribution in [0.2, 0.25) is 0 Å². The van der Waals surface area contributed by atoms with Crippen LogP contribution >= 0.6 is 15.9 Å². The molecule has 1 atom stereocenters. The lowest BCUT2D eigenvalue weighted by atomic mass is 10.0. The van der Waals surface area contributed by atoms with E-state index in [9.17, 15) is 14.5 Å². The number of hydrogen-bond donors (Lipinski definition) is 1. The SMILES string of the molecule is NC(Cc1cc(F)c(Br)cc1[N+](=O)[O-])C1CC1. The van der Waals surface area contributed by atoms with Gasteiger partial charge < -0.3 is 5.73 Å². The molecule has 1 saturated carbocycles. The molecule has 0 spiro atoms. The molecule has 0 amide bonds. The van der Waals surface area contributed by atoms with E-state index in [0.717, 1.165) is 12.8 Å². The van der Waals surface area contributed by atoms with Gasteiger partial charge in [0.15, 0.2) is 0 Å². The predicted molar refractivity (Wildman–Crippen MR) is 65.2 cm³/mol. The van der Waals surface area contributed by atoms with Crippen LogP contribution in [0.1, 0.15) is 18.4 Å². The van der Waals surface area contributed by atoms with Crippen molar-refractivity contribution in [2.24, 2.45) is 11.7 Å². The van der Waals surface area contributed by atoms with E-state index in [-0.39, 0.29) is 16.2 Å². The molecular weight excluding hydrogens is 291 g/mol. The summed E-state index contributed by atoms with van der Waals surface area (Å²) in [5.74, 6) is -0.0603. The average Bonchev–Trinajstić information content (AvgIpc) is 3.06. The highest BCUT2D eigenvalue weighted by atomic mass is 79.9. The number of nitrogens with two attached hydrogens (primary N) is 1. The van der Waals surface area contributed by atoms with Crippen LogP contribution in [0.25, 0.3) is 0 Å². The Morgan fingerprint density at radius 1 is 1.59 bits per heavy atom. The normalized spacial score (nSPS) is 16.9. The summed E-state index contributed by atoms with van der Waals surface area (Å²) in [6.07, 6.45) is 2.48. The van der Waals surface area contributed by atoms with Crippen LogP contribution in [0.5, 0.6) is 0 Å². The van der Waals surface area contributed by atoms with Crippen molar-refractivity contribution in [3.8, 4) is 0 Å². The van der Waals surface area contributed by atoms with Gasteiger partial charge in [0.2, 0.25) is 0 Å². The lowest BCUT2D eigenvalue weighted by Gasteiger charge is -2.11. The minimum absolute atomic E-state index is 0.0747. The molecule has 2 rings (SSSR count). The zero-order valence-electron chi connectivity index (χ0n) is 9.03. The summed E-state index contributed by atoms with van der Waals surface area (Å²) >= 11 is 2.95. The minimum atomic E-state index is -0.501. The predicted octanol–water partition coefficient (Wildman–Crippen LogP) is 2.78. The molecular formula is C11H12BrFN2O2. The minimum Gasteiger partial charge on any atom is -0.327 e. The highest BCUT2D eigenvalue weighted by molar-refractivity contribution is 9.10. The second kappa shape index (κ2) is 4.70. The zero-order valence-corrected chi connectivity index (χ0v) is 10.6. The van der Waals surface area contributed by atoms with Crippen LogP contribution in [-0.4, -0.2) is 11.0 Å². The molecule has 1 aliphatic rings. The first-order valence-corrected chi connectivity index (χ1v) is 6.16. The van der Waals surface area contributed by atoms with Gasteiger partial charge in [-0.05, 0) is 47.2 Å². The van der Waals surface area contributed by atoms with Crippen molar-refractivity contribution in [1.82, 2.24) is 0 Å². The van der Waals surface area contributed by atoms with Gasteiger partial charge >= 0.3 is 0 Å². The Morgan fingerprint density at radius 3 is 2.76 bits per heavy atom. The van der Waals surface area contributed by atoms with E-state index in [1.54, 1.807) is 0 Å². The largest absolute Gasteiger partial charge is 0.327 e. The molecule has 2 N–H and O–H groups in total. The third kappa shape index (κ3) is 2.81. The van der Waals surface area contributed by atoms with Crippen LogP contribution < -0.4 is 5.73 Å². The maximum atomic E-state index is 13.4. The van der Waals surface area contributed by atoms with Gasteiger partial charge in [-0.2, -0.15) is 0 Å². The first kappa shape index (κ1) is 12.4. The summed E-state index contributed by atoms with van der Waals surface area (Å²) in [7, 11) is 0. The number of benzene rings is 1. The summed E-state index contributed by atoms with van der Waals surface area (Å²) < 4.78 is 13.5. The fourth-order valence-electron chi connectivity index (χ4n) is 1.86. The number of halogens is 2. The monoisotopic (exact) mass is 302 g/mol. The lowest BCUT2D eigenvalue weighted by molar-refractivity contribution is -0.385. The molecule has 0 radical (unpaired) electrons. The fraction of sp³-hybridized carbons (Fsp3) is 0.455. The second-order valence-electron chi connectivity index (χ2n) is 4.36. The maximum absolute atomic E-state index is 13.4. The second-order valence-corrected chi connectivity index (χ2v) is 5.21. The number of nitro groups is 1. The van der Waals surface area contributed by atoms with Crippen LogP contribution in [0.15, 0.2) is 16.6 Å². The van der Waals surface area contributed by atoms with Gasteiger partial charge in [0.25, 0.3) is 5.69 Å². The van der Waals surface area contributed by atoms with Gasteiger partial charge in [0.05, 0.1) is 9.40 Å². The number of hydrogen-bond acceptors (Lipinski definition) is 3. The lowest BCUT2D eigenvalue weighted by Crippen LogP contribution is -2.25. The molecule has 17 heavy (non-hydrogen) atoms. The molecule has 4 nitrogen and oxygen atoms in total. The van der Waals surface area contributed by atoms with Crippen LogP contribution in [0, 0.1) is 21.8 Å². The van der Waals surface area contributed by atoms with Gasteiger partial charge in [-0.25, -0.2) is 4.39 Å². The van der Waals surface area contributed by atoms with Crippen molar-refractivity contribution >= 4 is 21.6 Å². The third-order valence-electron chi connectivity index (χ3n) is 3.00. The Kier molecular flexibility index (Phi) is 3.44. The molecule has 0 bridgehead atoms. The summed E-state index contributed by atoms with van der Waals surface area (Å²) in [6.45, 7) is 0. The van der Waals surface area contributed by atoms with E-state index in [0.29, 0.717) is 17.9 Å². The van der Waals surface area contributed by atoms with E-state index in [2.05, 4.69) is 15.9 Å². The summed E-state index contributed by atoms with van der Waals surface area (Å²) in [6, 6.07) is 2.28. The Morgan fingerprint density at radius 2 is 2.24 bits per heavy atom. The average molecular weight is 303 g/mol. The van der Waals surface area contributed by atoms with E-state index >= 15 is 0 Å². The quantitative estimate of drug-likeness (QED) is 0.687. The van der Waals surface area contributed by atoms with Crippen molar-refractivity contribution < 1.29 is 9.31 Å². The number of rotatable bonds is 4. The van der Waals surface area contributed by atoms with Crippen LogP contribution in [0.3, 0.4) is 0 Å². The number of nitrogens with zero attached hydrogens (tertiary/aromatic N) is 1. The van der Waals surface area contributed by atoms with Crippen molar-refractivity contribution in [3.05, 3.63) is 38.1 Å². The number of nitro benzene ring substituents is 1. The Labute approximate surface area is 106 Å². The van der Waals surface area contributed by atoms with Gasteiger partial charge in [-0.1, -0.05) is 0 Å². The standard InChI is InChI=1S/C11H12BrFN2O2/c12-8-5-11(15(16)17)7(3-9(8)13)4-10(14)6-1-2-6/h3,5-6,10H,1-2,4,14H2. The van der Waals surface area contributed by atoms with Gasteiger partial charge in [0.1, 0.15) is 5.82 Å². The molecule has 0 heterocycles. The molecule has 1 aromatic carbocycles. The van der Waals surface area contributed by atoms with Crippen molar-refractivity contribution in [2.45, 2.75) is 25.3 Å². The molecule has 0 aromatic heterocycles.